The zero-order chi connectivity index (χ0) is 23.1. The van der Waals surface area contributed by atoms with Gasteiger partial charge in [-0.1, -0.05) is 12.1 Å². The van der Waals surface area contributed by atoms with Gasteiger partial charge in [-0.25, -0.2) is 9.97 Å². The molecule has 1 fully saturated rings. The lowest BCUT2D eigenvalue weighted by Gasteiger charge is -2.18. The van der Waals surface area contributed by atoms with Gasteiger partial charge in [0.25, 0.3) is 5.56 Å². The highest BCUT2D eigenvalue weighted by molar-refractivity contribution is 7.14. The molecule has 1 saturated carbocycles. The van der Waals surface area contributed by atoms with Gasteiger partial charge in [0.2, 0.25) is 5.91 Å². The van der Waals surface area contributed by atoms with Gasteiger partial charge in [-0.05, 0) is 43.2 Å². The monoisotopic (exact) mass is 474 g/mol. The SMILES string of the molecule is O=C(CCc1nc2ccccc2c(=O)n1C1CC1)Nc1nc(-c2ccc3c(c2)OCCO3)cs1. The van der Waals surface area contributed by atoms with Crippen LogP contribution in [0.15, 0.2) is 52.6 Å². The van der Waals surface area contributed by atoms with Crippen molar-refractivity contribution in [2.75, 3.05) is 18.5 Å². The summed E-state index contributed by atoms with van der Waals surface area (Å²) in [6.07, 6.45) is 2.56. The van der Waals surface area contributed by atoms with E-state index in [1.165, 1.54) is 11.3 Å². The average Bonchev–Trinajstić information content (AvgIpc) is 3.59. The summed E-state index contributed by atoms with van der Waals surface area (Å²) in [7, 11) is 0. The van der Waals surface area contributed by atoms with Gasteiger partial charge < -0.3 is 14.8 Å². The molecule has 0 radical (unpaired) electrons. The molecule has 0 saturated heterocycles. The second-order valence-electron chi connectivity index (χ2n) is 8.40. The van der Waals surface area contributed by atoms with E-state index in [4.69, 9.17) is 14.5 Å². The molecule has 0 atom stereocenters. The molecule has 0 unspecified atom stereocenters. The Bertz CT molecular complexity index is 1460. The highest BCUT2D eigenvalue weighted by Crippen LogP contribution is 2.36. The first-order valence-corrected chi connectivity index (χ1v) is 12.2. The minimum atomic E-state index is -0.159. The van der Waals surface area contributed by atoms with Crippen LogP contribution in [0.5, 0.6) is 11.5 Å². The molecular weight excluding hydrogens is 452 g/mol. The molecular formula is C25H22N4O4S. The van der Waals surface area contributed by atoms with Gasteiger partial charge in [0.05, 0.1) is 16.6 Å². The molecule has 6 rings (SSSR count). The molecule has 2 aromatic heterocycles. The van der Waals surface area contributed by atoms with E-state index in [9.17, 15) is 9.59 Å². The predicted molar refractivity (Wildman–Crippen MR) is 130 cm³/mol. The van der Waals surface area contributed by atoms with Crippen molar-refractivity contribution in [3.8, 4) is 22.8 Å². The highest BCUT2D eigenvalue weighted by atomic mass is 32.1. The van der Waals surface area contributed by atoms with Crippen LogP contribution in [0.4, 0.5) is 5.13 Å². The van der Waals surface area contributed by atoms with Crippen LogP contribution in [-0.2, 0) is 11.2 Å². The highest BCUT2D eigenvalue weighted by Gasteiger charge is 2.28. The maximum absolute atomic E-state index is 13.0. The van der Waals surface area contributed by atoms with Gasteiger partial charge in [0.1, 0.15) is 19.0 Å². The van der Waals surface area contributed by atoms with E-state index in [-0.39, 0.29) is 23.9 Å². The van der Waals surface area contributed by atoms with Crippen molar-refractivity contribution in [3.63, 3.8) is 0 Å². The molecule has 1 aliphatic carbocycles. The number of nitrogens with zero attached hydrogens (tertiary/aromatic N) is 3. The van der Waals surface area contributed by atoms with Crippen molar-refractivity contribution in [2.24, 2.45) is 0 Å². The Morgan fingerprint density at radius 2 is 1.91 bits per heavy atom. The van der Waals surface area contributed by atoms with Crippen molar-refractivity contribution < 1.29 is 14.3 Å². The van der Waals surface area contributed by atoms with Gasteiger partial charge in [-0.15, -0.1) is 11.3 Å². The smallest absolute Gasteiger partial charge is 0.261 e. The molecule has 9 heteroatoms. The number of hydrogen-bond donors (Lipinski definition) is 1. The fraction of sp³-hybridized carbons (Fsp3) is 0.280. The molecule has 8 nitrogen and oxygen atoms in total. The van der Waals surface area contributed by atoms with Crippen LogP contribution in [0.25, 0.3) is 22.2 Å². The quantitative estimate of drug-likeness (QED) is 0.450. The average molecular weight is 475 g/mol. The van der Waals surface area contributed by atoms with E-state index in [0.717, 1.165) is 29.8 Å². The summed E-state index contributed by atoms with van der Waals surface area (Å²) in [4.78, 5) is 34.9. The summed E-state index contributed by atoms with van der Waals surface area (Å²) in [5.74, 6) is 1.93. The number of anilines is 1. The first kappa shape index (κ1) is 20.9. The number of rotatable bonds is 6. The van der Waals surface area contributed by atoms with Crippen LogP contribution in [0.2, 0.25) is 0 Å². The molecule has 2 aromatic carbocycles. The molecule has 0 bridgehead atoms. The number of nitrogens with one attached hydrogen (secondary N) is 1. The van der Waals surface area contributed by atoms with Gasteiger partial charge in [0, 0.05) is 29.8 Å². The Hall–Kier alpha value is -3.72. The second kappa shape index (κ2) is 8.57. The standard InChI is InChI=1S/C25H22N4O4S/c30-23(10-9-22-26-18-4-2-1-3-17(18)24(31)29(22)16-6-7-16)28-25-27-19(14-34-25)15-5-8-20-21(13-15)33-12-11-32-20/h1-5,8,13-14,16H,6-7,9-12H2,(H,27,28,30). The third kappa shape index (κ3) is 4.03. The molecule has 34 heavy (non-hydrogen) atoms. The Kier molecular flexibility index (Phi) is 5.26. The fourth-order valence-corrected chi connectivity index (χ4v) is 4.89. The van der Waals surface area contributed by atoms with Crippen LogP contribution in [0.1, 0.15) is 31.1 Å². The number of thiazole rings is 1. The minimum absolute atomic E-state index is 0.0208. The number of ether oxygens (including phenoxy) is 2. The number of benzene rings is 2. The van der Waals surface area contributed by atoms with Crippen molar-refractivity contribution in [2.45, 2.75) is 31.7 Å². The van der Waals surface area contributed by atoms with Gasteiger partial charge >= 0.3 is 0 Å². The zero-order valence-electron chi connectivity index (χ0n) is 18.3. The number of carbonyl (C=O) groups is 1. The van der Waals surface area contributed by atoms with Crippen molar-refractivity contribution in [1.29, 1.82) is 0 Å². The number of fused-ring (bicyclic) bond motifs is 2. The van der Waals surface area contributed by atoms with E-state index in [1.807, 2.05) is 47.8 Å². The minimum Gasteiger partial charge on any atom is -0.486 e. The topological polar surface area (TPSA) is 95.3 Å². The molecule has 4 aromatic rings. The molecule has 2 aliphatic rings. The van der Waals surface area contributed by atoms with Gasteiger partial charge in [0.15, 0.2) is 16.6 Å². The number of hydrogen-bond acceptors (Lipinski definition) is 7. The van der Waals surface area contributed by atoms with Gasteiger partial charge in [-0.3, -0.25) is 14.2 Å². The summed E-state index contributed by atoms with van der Waals surface area (Å²) >= 11 is 1.37. The summed E-state index contributed by atoms with van der Waals surface area (Å²) < 4.78 is 13.0. The number of carbonyl (C=O) groups excluding carboxylic acids is 1. The lowest BCUT2D eigenvalue weighted by atomic mass is 10.1. The van der Waals surface area contributed by atoms with E-state index in [2.05, 4.69) is 10.3 Å². The summed E-state index contributed by atoms with van der Waals surface area (Å²) in [6.45, 7) is 1.07. The molecule has 1 N–H and O–H groups in total. The second-order valence-corrected chi connectivity index (χ2v) is 9.25. The maximum atomic E-state index is 13.0. The van der Waals surface area contributed by atoms with E-state index >= 15 is 0 Å². The molecule has 3 heterocycles. The van der Waals surface area contributed by atoms with Crippen LogP contribution >= 0.6 is 11.3 Å². The number of amides is 1. The fourth-order valence-electron chi connectivity index (χ4n) is 4.15. The number of para-hydroxylation sites is 1. The molecule has 172 valence electrons. The van der Waals surface area contributed by atoms with E-state index < -0.39 is 0 Å². The Balaban J connectivity index is 1.16. The van der Waals surface area contributed by atoms with Crippen LogP contribution in [-0.4, -0.2) is 33.7 Å². The Morgan fingerprint density at radius 3 is 2.76 bits per heavy atom. The van der Waals surface area contributed by atoms with E-state index in [1.54, 1.807) is 4.57 Å². The Morgan fingerprint density at radius 1 is 1.09 bits per heavy atom. The first-order valence-electron chi connectivity index (χ1n) is 11.3. The van der Waals surface area contributed by atoms with Crippen LogP contribution < -0.4 is 20.3 Å². The van der Waals surface area contributed by atoms with E-state index in [0.29, 0.717) is 47.2 Å². The number of aryl methyl sites for hydroxylation is 1. The van der Waals surface area contributed by atoms with Crippen molar-refractivity contribution in [3.05, 3.63) is 64.0 Å². The van der Waals surface area contributed by atoms with Crippen LogP contribution in [0, 0.1) is 0 Å². The summed E-state index contributed by atoms with van der Waals surface area (Å²) in [5, 5.41) is 5.93. The van der Waals surface area contributed by atoms with Crippen LogP contribution in [0.3, 0.4) is 0 Å². The largest absolute Gasteiger partial charge is 0.486 e. The Labute approximate surface area is 199 Å². The summed E-state index contributed by atoms with van der Waals surface area (Å²) in [6, 6.07) is 13.3. The molecule has 1 amide bonds. The molecule has 1 aliphatic heterocycles. The van der Waals surface area contributed by atoms with Crippen molar-refractivity contribution >= 4 is 33.3 Å². The predicted octanol–water partition coefficient (Wildman–Crippen LogP) is 4.20. The summed E-state index contributed by atoms with van der Waals surface area (Å²) in [5.41, 5.74) is 2.31. The maximum Gasteiger partial charge on any atom is 0.261 e. The van der Waals surface area contributed by atoms with Gasteiger partial charge in [-0.2, -0.15) is 0 Å². The number of aromatic nitrogens is 3. The molecule has 0 spiro atoms. The third-order valence-electron chi connectivity index (χ3n) is 5.96. The van der Waals surface area contributed by atoms with Crippen molar-refractivity contribution in [1.82, 2.24) is 14.5 Å². The lowest BCUT2D eigenvalue weighted by Crippen LogP contribution is -2.25. The zero-order valence-corrected chi connectivity index (χ0v) is 19.1. The lowest BCUT2D eigenvalue weighted by molar-refractivity contribution is -0.116. The first-order chi connectivity index (χ1) is 16.7. The third-order valence-corrected chi connectivity index (χ3v) is 6.71. The normalized spacial score (nSPS) is 14.8.